The Bertz CT molecular complexity index is 3230. The molecule has 0 spiro atoms. The van der Waals surface area contributed by atoms with Crippen molar-refractivity contribution in [1.29, 1.82) is 0 Å². The van der Waals surface area contributed by atoms with Gasteiger partial charge in [-0.05, 0) is 146 Å². The number of aryl methyl sites for hydroxylation is 1. The van der Waals surface area contributed by atoms with Crippen molar-refractivity contribution in [2.75, 3.05) is 0 Å². The number of imidazole rings is 1. The summed E-state index contributed by atoms with van der Waals surface area (Å²) in [5.74, 6) is -0.590. The summed E-state index contributed by atoms with van der Waals surface area (Å²) in [5, 5.41) is 12.3. The molecule has 0 aliphatic heterocycles. The third kappa shape index (κ3) is 8.42. The lowest BCUT2D eigenvalue weighted by atomic mass is 9.85. The summed E-state index contributed by atoms with van der Waals surface area (Å²) in [7, 11) is 0. The summed E-state index contributed by atoms with van der Waals surface area (Å²) >= 11 is 0. The number of rotatable bonds is 11. The second kappa shape index (κ2) is 17.9. The van der Waals surface area contributed by atoms with E-state index in [0.29, 0.717) is 11.4 Å². The second-order valence-electron chi connectivity index (χ2n) is 18.5. The molecule has 9 aromatic rings. The van der Waals surface area contributed by atoms with Crippen LogP contribution in [0.1, 0.15) is 110 Å². The summed E-state index contributed by atoms with van der Waals surface area (Å²) < 4.78 is 20.4. The van der Waals surface area contributed by atoms with E-state index in [4.69, 9.17) is 12.7 Å². The van der Waals surface area contributed by atoms with Gasteiger partial charge in [0.15, 0.2) is 0 Å². The standard InChI is InChI=1S/C61H59N3O/c1-37(2)46-34-54(40(7)8)60(65)55(35-46)61-63-59-53(19-14-20-57(59)64(61)50-27-25-44(26-28-50)58-51(38(3)4)17-13-18-52(58)39(5)6)48-31-47(42-15-11-10-12-16-42)32-49(33-48)56-36-45(29-30-62-56)43-23-21-41(9)22-24-43/h10-40,65H,1-9H3/i38D,39D. The molecule has 65 heavy (non-hydrogen) atoms. The first kappa shape index (κ1) is 40.7. The number of hydrogen-bond donors (Lipinski definition) is 1. The SMILES string of the molecule is [2H]C(C)(C)c1cccc(C([2H])(C)C)c1-c1ccc(-n2c(-c3cc(C(C)C)cc(C(C)C)c3O)nc3c(-c4cc(-c5ccccc5)cc(-c5cc(-c6ccc(C)cc6)ccn5)c4)cccc32)cc1. The zero-order chi connectivity index (χ0) is 47.4. The lowest BCUT2D eigenvalue weighted by Crippen LogP contribution is -2.02. The molecule has 4 nitrogen and oxygen atoms in total. The van der Waals surface area contributed by atoms with Crippen molar-refractivity contribution in [2.45, 2.75) is 85.9 Å². The molecule has 1 N–H and O–H groups in total. The van der Waals surface area contributed by atoms with E-state index in [0.717, 1.165) is 94.7 Å². The molecule has 0 amide bonds. The summed E-state index contributed by atoms with van der Waals surface area (Å²) in [4.78, 5) is 10.5. The number of para-hydroxylation sites is 1. The van der Waals surface area contributed by atoms with E-state index in [1.54, 1.807) is 0 Å². The molecule has 9 rings (SSSR count). The quantitative estimate of drug-likeness (QED) is 0.141. The molecule has 0 aliphatic rings. The monoisotopic (exact) mass is 851 g/mol. The molecule has 324 valence electrons. The van der Waals surface area contributed by atoms with Crippen LogP contribution in [0.3, 0.4) is 0 Å². The van der Waals surface area contributed by atoms with Gasteiger partial charge in [-0.2, -0.15) is 0 Å². The van der Waals surface area contributed by atoms with Gasteiger partial charge in [0, 0.05) is 25.8 Å². The molecule has 0 bridgehead atoms. The summed E-state index contributed by atoms with van der Waals surface area (Å²) in [6.07, 6.45) is 1.89. The number of pyridine rings is 1. The van der Waals surface area contributed by atoms with Crippen LogP contribution in [0.25, 0.3) is 83.9 Å². The second-order valence-corrected chi connectivity index (χ2v) is 18.5. The van der Waals surface area contributed by atoms with E-state index in [9.17, 15) is 5.11 Å². The van der Waals surface area contributed by atoms with Crippen LogP contribution in [0, 0.1) is 6.92 Å². The molecule has 0 atom stereocenters. The van der Waals surface area contributed by atoms with Gasteiger partial charge in [-0.25, -0.2) is 4.98 Å². The van der Waals surface area contributed by atoms with Crippen LogP contribution in [0.15, 0.2) is 164 Å². The van der Waals surface area contributed by atoms with Crippen molar-refractivity contribution in [3.05, 3.63) is 192 Å². The van der Waals surface area contributed by atoms with Gasteiger partial charge in [0.1, 0.15) is 11.6 Å². The molecule has 2 heterocycles. The smallest absolute Gasteiger partial charge is 0.149 e. The van der Waals surface area contributed by atoms with Crippen LogP contribution in [0.4, 0.5) is 0 Å². The maximum atomic E-state index is 12.3. The molecule has 0 saturated carbocycles. The van der Waals surface area contributed by atoms with Crippen molar-refractivity contribution in [1.82, 2.24) is 14.5 Å². The van der Waals surface area contributed by atoms with Gasteiger partial charge in [0.25, 0.3) is 0 Å². The highest BCUT2D eigenvalue weighted by Gasteiger charge is 2.24. The number of nitrogens with zero attached hydrogens (tertiary/aromatic N) is 3. The maximum Gasteiger partial charge on any atom is 0.149 e. The predicted molar refractivity (Wildman–Crippen MR) is 274 cm³/mol. The van der Waals surface area contributed by atoms with Crippen LogP contribution in [-0.2, 0) is 0 Å². The highest BCUT2D eigenvalue weighted by molar-refractivity contribution is 5.98. The van der Waals surface area contributed by atoms with E-state index in [-0.39, 0.29) is 17.6 Å². The summed E-state index contributed by atoms with van der Waals surface area (Å²) in [6, 6.07) is 55.0. The number of phenols is 1. The predicted octanol–water partition coefficient (Wildman–Crippen LogP) is 16.9. The lowest BCUT2D eigenvalue weighted by Gasteiger charge is -2.21. The van der Waals surface area contributed by atoms with Crippen molar-refractivity contribution < 1.29 is 7.85 Å². The van der Waals surface area contributed by atoms with Gasteiger partial charge in [0.05, 0.1) is 22.3 Å². The van der Waals surface area contributed by atoms with Gasteiger partial charge in [-0.3, -0.25) is 9.55 Å². The number of hydrogen-bond acceptors (Lipinski definition) is 3. The average molecular weight is 852 g/mol. The minimum atomic E-state index is -0.885. The van der Waals surface area contributed by atoms with Gasteiger partial charge in [0.2, 0.25) is 0 Å². The molecule has 0 aliphatic carbocycles. The number of aromatic nitrogens is 3. The zero-order valence-electron chi connectivity index (χ0n) is 41.0. The average Bonchev–Trinajstić information content (AvgIpc) is 3.71. The molecule has 0 radical (unpaired) electrons. The first-order valence-corrected chi connectivity index (χ1v) is 22.8. The van der Waals surface area contributed by atoms with Crippen LogP contribution < -0.4 is 0 Å². The van der Waals surface area contributed by atoms with Crippen LogP contribution in [0.5, 0.6) is 5.75 Å². The van der Waals surface area contributed by atoms with Crippen LogP contribution in [-0.4, -0.2) is 19.6 Å². The Hall–Kier alpha value is -7.04. The topological polar surface area (TPSA) is 50.9 Å². The number of benzene rings is 7. The van der Waals surface area contributed by atoms with Crippen molar-refractivity contribution in [3.63, 3.8) is 0 Å². The van der Waals surface area contributed by atoms with Crippen molar-refractivity contribution in [2.24, 2.45) is 0 Å². The molecule has 0 fully saturated rings. The minimum Gasteiger partial charge on any atom is -0.507 e. The normalized spacial score (nSPS) is 12.5. The molecule has 4 heteroatoms. The number of aromatic hydroxyl groups is 1. The largest absolute Gasteiger partial charge is 0.507 e. The molecule has 2 aromatic heterocycles. The highest BCUT2D eigenvalue weighted by atomic mass is 16.3. The Labute approximate surface area is 388 Å². The third-order valence-corrected chi connectivity index (χ3v) is 12.7. The number of fused-ring (bicyclic) bond motifs is 1. The Kier molecular flexibility index (Phi) is 11.2. The Balaban J connectivity index is 1.29. The summed E-state index contributed by atoms with van der Waals surface area (Å²) in [5.41, 5.74) is 18.3. The fourth-order valence-corrected chi connectivity index (χ4v) is 9.11. The minimum absolute atomic E-state index is 0.0826. The molecular weight excluding hydrogens is 791 g/mol. The Morgan fingerprint density at radius 1 is 0.508 bits per heavy atom. The highest BCUT2D eigenvalue weighted by Crippen LogP contribution is 2.44. The van der Waals surface area contributed by atoms with Gasteiger partial charge < -0.3 is 5.11 Å². The van der Waals surface area contributed by atoms with Gasteiger partial charge >= 0.3 is 0 Å². The first-order valence-electron chi connectivity index (χ1n) is 23.8. The van der Waals surface area contributed by atoms with E-state index in [2.05, 4.69) is 173 Å². The molecule has 0 saturated heterocycles. The molecule has 0 unspecified atom stereocenters. The van der Waals surface area contributed by atoms with Crippen molar-refractivity contribution in [3.8, 4) is 78.6 Å². The maximum absolute atomic E-state index is 12.3. The van der Waals surface area contributed by atoms with Gasteiger partial charge in [-0.15, -0.1) is 0 Å². The van der Waals surface area contributed by atoms with Crippen molar-refractivity contribution >= 4 is 11.0 Å². The third-order valence-electron chi connectivity index (χ3n) is 12.7. The van der Waals surface area contributed by atoms with Gasteiger partial charge in [-0.1, -0.05) is 164 Å². The number of phenolic OH excluding ortho intramolecular Hbond substituents is 1. The summed E-state index contributed by atoms with van der Waals surface area (Å²) in [6.45, 7) is 18.3. The molecule has 7 aromatic carbocycles. The van der Waals surface area contributed by atoms with E-state index < -0.39 is 11.8 Å². The van der Waals surface area contributed by atoms with Crippen LogP contribution in [0.2, 0.25) is 0 Å². The van der Waals surface area contributed by atoms with E-state index in [1.165, 1.54) is 5.56 Å². The zero-order valence-corrected chi connectivity index (χ0v) is 39.0. The van der Waals surface area contributed by atoms with E-state index in [1.807, 2.05) is 58.2 Å². The molecular formula is C61H59N3O. The Morgan fingerprint density at radius 2 is 1.14 bits per heavy atom. The lowest BCUT2D eigenvalue weighted by molar-refractivity contribution is 0.466. The van der Waals surface area contributed by atoms with E-state index >= 15 is 0 Å². The Morgan fingerprint density at radius 3 is 1.80 bits per heavy atom. The fraction of sp³-hybridized carbons (Fsp3) is 0.213. The fourth-order valence-electron chi connectivity index (χ4n) is 9.11. The van der Waals surface area contributed by atoms with Crippen LogP contribution >= 0.6 is 0 Å². The first-order chi connectivity index (χ1) is 32.0.